The lowest BCUT2D eigenvalue weighted by Gasteiger charge is -1.97. The predicted octanol–water partition coefficient (Wildman–Crippen LogP) is 1.08. The van der Waals surface area contributed by atoms with Crippen molar-refractivity contribution in [3.05, 3.63) is 30.1 Å². The summed E-state index contributed by atoms with van der Waals surface area (Å²) in [5, 5.41) is 8.57. The summed E-state index contributed by atoms with van der Waals surface area (Å²) in [6.45, 7) is 0. The highest BCUT2D eigenvalue weighted by atomic mass is 14.8. The number of benzene rings is 1. The Morgan fingerprint density at radius 2 is 2.15 bits per heavy atom. The van der Waals surface area contributed by atoms with Crippen LogP contribution in [0.25, 0.3) is 11.0 Å². The van der Waals surface area contributed by atoms with Gasteiger partial charge in [0.25, 0.3) is 0 Å². The Morgan fingerprint density at radius 3 is 2.92 bits per heavy atom. The molecule has 62 valence electrons. The van der Waals surface area contributed by atoms with Crippen LogP contribution >= 0.6 is 0 Å². The molecule has 0 fully saturated rings. The molecular weight excluding hydrogens is 164 g/mol. The smallest absolute Gasteiger partial charge is 0.159 e. The SMILES string of the molecule is N#Cc1cnc2cc(N)ccc2n1. The fourth-order valence-electron chi connectivity index (χ4n) is 1.08. The highest BCUT2D eigenvalue weighted by Gasteiger charge is 1.98. The Hall–Kier alpha value is -2.15. The van der Waals surface area contributed by atoms with Crippen LogP contribution < -0.4 is 5.73 Å². The maximum Gasteiger partial charge on any atom is 0.159 e. The third-order valence-corrected chi connectivity index (χ3v) is 1.68. The van der Waals surface area contributed by atoms with Gasteiger partial charge < -0.3 is 5.73 Å². The number of nitrogens with zero attached hydrogens (tertiary/aromatic N) is 3. The summed E-state index contributed by atoms with van der Waals surface area (Å²) in [4.78, 5) is 8.10. The molecule has 0 aliphatic rings. The van der Waals surface area contributed by atoms with E-state index in [0.29, 0.717) is 22.4 Å². The van der Waals surface area contributed by atoms with Crippen molar-refractivity contribution < 1.29 is 0 Å². The van der Waals surface area contributed by atoms with Crippen LogP contribution in [0.1, 0.15) is 5.69 Å². The molecule has 1 aromatic heterocycles. The number of nitrogen functional groups attached to an aromatic ring is 1. The van der Waals surface area contributed by atoms with E-state index < -0.39 is 0 Å². The summed E-state index contributed by atoms with van der Waals surface area (Å²) < 4.78 is 0. The van der Waals surface area contributed by atoms with Gasteiger partial charge in [0.05, 0.1) is 17.2 Å². The van der Waals surface area contributed by atoms with Crippen molar-refractivity contribution in [2.24, 2.45) is 0 Å². The maximum absolute atomic E-state index is 8.57. The Bertz CT molecular complexity index is 498. The topological polar surface area (TPSA) is 75.6 Å². The summed E-state index contributed by atoms with van der Waals surface area (Å²) in [6.07, 6.45) is 1.43. The van der Waals surface area contributed by atoms with Crippen LogP contribution in [0.3, 0.4) is 0 Å². The number of aromatic nitrogens is 2. The van der Waals surface area contributed by atoms with E-state index in [0.717, 1.165) is 0 Å². The lowest BCUT2D eigenvalue weighted by atomic mass is 10.2. The predicted molar refractivity (Wildman–Crippen MR) is 48.7 cm³/mol. The molecule has 0 unspecified atom stereocenters. The number of nitriles is 1. The molecule has 13 heavy (non-hydrogen) atoms. The first-order chi connectivity index (χ1) is 6.29. The quantitative estimate of drug-likeness (QED) is 0.600. The van der Waals surface area contributed by atoms with Crippen LogP contribution in [0.15, 0.2) is 24.4 Å². The first kappa shape index (κ1) is 7.50. The summed E-state index contributed by atoms with van der Waals surface area (Å²) in [5.41, 5.74) is 7.92. The van der Waals surface area contributed by atoms with Crippen molar-refractivity contribution in [3.63, 3.8) is 0 Å². The van der Waals surface area contributed by atoms with E-state index in [-0.39, 0.29) is 0 Å². The van der Waals surface area contributed by atoms with Gasteiger partial charge in [0.1, 0.15) is 6.07 Å². The first-order valence-corrected chi connectivity index (χ1v) is 3.72. The fourth-order valence-corrected chi connectivity index (χ4v) is 1.08. The summed E-state index contributed by atoms with van der Waals surface area (Å²) in [6, 6.07) is 7.14. The van der Waals surface area contributed by atoms with Gasteiger partial charge in [-0.05, 0) is 18.2 Å². The minimum atomic E-state index is 0.317. The van der Waals surface area contributed by atoms with Crippen molar-refractivity contribution in [2.75, 3.05) is 5.73 Å². The summed E-state index contributed by atoms with van der Waals surface area (Å²) >= 11 is 0. The minimum absolute atomic E-state index is 0.317. The third-order valence-electron chi connectivity index (χ3n) is 1.68. The zero-order valence-electron chi connectivity index (χ0n) is 6.73. The number of fused-ring (bicyclic) bond motifs is 1. The van der Waals surface area contributed by atoms with Gasteiger partial charge in [-0.3, -0.25) is 4.98 Å². The summed E-state index contributed by atoms with van der Waals surface area (Å²) in [7, 11) is 0. The monoisotopic (exact) mass is 170 g/mol. The number of nitrogens with two attached hydrogens (primary N) is 1. The highest BCUT2D eigenvalue weighted by Crippen LogP contribution is 2.12. The van der Waals surface area contributed by atoms with Gasteiger partial charge in [-0.25, -0.2) is 4.98 Å². The van der Waals surface area contributed by atoms with E-state index >= 15 is 0 Å². The van der Waals surface area contributed by atoms with E-state index in [2.05, 4.69) is 9.97 Å². The second kappa shape index (κ2) is 2.72. The van der Waals surface area contributed by atoms with Crippen molar-refractivity contribution in [1.82, 2.24) is 9.97 Å². The molecule has 0 aliphatic heterocycles. The fraction of sp³-hybridized carbons (Fsp3) is 0. The number of hydrogen-bond acceptors (Lipinski definition) is 4. The Morgan fingerprint density at radius 1 is 1.31 bits per heavy atom. The molecule has 0 bridgehead atoms. The van der Waals surface area contributed by atoms with Crippen molar-refractivity contribution >= 4 is 16.7 Å². The third kappa shape index (κ3) is 1.27. The molecule has 0 saturated carbocycles. The van der Waals surface area contributed by atoms with Gasteiger partial charge in [-0.2, -0.15) is 5.26 Å². The molecule has 2 N–H and O–H groups in total. The molecule has 1 heterocycles. The number of anilines is 1. The molecule has 1 aromatic carbocycles. The molecule has 2 rings (SSSR count). The molecule has 2 aromatic rings. The Balaban J connectivity index is 2.75. The average Bonchev–Trinajstić information content (AvgIpc) is 2.17. The molecule has 0 spiro atoms. The molecule has 0 aliphatic carbocycles. The second-order valence-corrected chi connectivity index (χ2v) is 2.62. The van der Waals surface area contributed by atoms with E-state index in [1.165, 1.54) is 6.20 Å². The molecule has 4 nitrogen and oxygen atoms in total. The lowest BCUT2D eigenvalue weighted by Crippen LogP contribution is -1.90. The van der Waals surface area contributed by atoms with Crippen LogP contribution in [-0.4, -0.2) is 9.97 Å². The van der Waals surface area contributed by atoms with Crippen LogP contribution in [0, 0.1) is 11.3 Å². The standard InChI is InChI=1S/C9H6N4/c10-4-7-5-12-9-3-6(11)1-2-8(9)13-7/h1-3,5H,11H2. The lowest BCUT2D eigenvalue weighted by molar-refractivity contribution is 1.24. The molecule has 0 atom stereocenters. The molecule has 0 saturated heterocycles. The van der Waals surface area contributed by atoms with E-state index in [1.807, 2.05) is 6.07 Å². The van der Waals surface area contributed by atoms with Crippen LogP contribution in [0.4, 0.5) is 5.69 Å². The maximum atomic E-state index is 8.57. The molecule has 0 radical (unpaired) electrons. The minimum Gasteiger partial charge on any atom is -0.399 e. The normalized spacial score (nSPS) is 9.77. The second-order valence-electron chi connectivity index (χ2n) is 2.62. The zero-order valence-corrected chi connectivity index (χ0v) is 6.73. The van der Waals surface area contributed by atoms with Crippen LogP contribution in [0.5, 0.6) is 0 Å². The van der Waals surface area contributed by atoms with E-state index in [9.17, 15) is 0 Å². The average molecular weight is 170 g/mol. The van der Waals surface area contributed by atoms with Gasteiger partial charge in [0.2, 0.25) is 0 Å². The Labute approximate surface area is 74.6 Å². The highest BCUT2D eigenvalue weighted by molar-refractivity contribution is 5.78. The van der Waals surface area contributed by atoms with Crippen molar-refractivity contribution in [1.29, 1.82) is 5.26 Å². The number of hydrogen-bond donors (Lipinski definition) is 1. The first-order valence-electron chi connectivity index (χ1n) is 3.72. The van der Waals surface area contributed by atoms with Crippen LogP contribution in [-0.2, 0) is 0 Å². The zero-order chi connectivity index (χ0) is 9.26. The van der Waals surface area contributed by atoms with Gasteiger partial charge in [0.15, 0.2) is 5.69 Å². The summed E-state index contributed by atoms with van der Waals surface area (Å²) in [5.74, 6) is 0. The van der Waals surface area contributed by atoms with Crippen molar-refractivity contribution in [3.8, 4) is 6.07 Å². The van der Waals surface area contributed by atoms with Gasteiger partial charge >= 0.3 is 0 Å². The molecule has 4 heteroatoms. The van der Waals surface area contributed by atoms with E-state index in [1.54, 1.807) is 18.2 Å². The van der Waals surface area contributed by atoms with Gasteiger partial charge in [-0.15, -0.1) is 0 Å². The molecular formula is C9H6N4. The van der Waals surface area contributed by atoms with Gasteiger partial charge in [0, 0.05) is 5.69 Å². The van der Waals surface area contributed by atoms with Gasteiger partial charge in [-0.1, -0.05) is 0 Å². The van der Waals surface area contributed by atoms with Crippen LogP contribution in [0.2, 0.25) is 0 Å². The number of rotatable bonds is 0. The van der Waals surface area contributed by atoms with Crippen molar-refractivity contribution in [2.45, 2.75) is 0 Å². The van der Waals surface area contributed by atoms with E-state index in [4.69, 9.17) is 11.0 Å². The molecule has 0 amide bonds. The Kier molecular flexibility index (Phi) is 1.57. The largest absolute Gasteiger partial charge is 0.399 e.